The lowest BCUT2D eigenvalue weighted by molar-refractivity contribution is -0.134. The average Bonchev–Trinajstić information content (AvgIpc) is 3.28. The van der Waals surface area contributed by atoms with E-state index in [1.807, 2.05) is 29.4 Å². The van der Waals surface area contributed by atoms with Gasteiger partial charge < -0.3 is 15.6 Å². The van der Waals surface area contributed by atoms with Gasteiger partial charge in [0, 0.05) is 54.4 Å². The highest BCUT2D eigenvalue weighted by Crippen LogP contribution is 2.35. The molecule has 7 heteroatoms. The summed E-state index contributed by atoms with van der Waals surface area (Å²) in [5.41, 5.74) is 11.6. The normalized spacial score (nSPS) is 18.9. The molecule has 1 atom stereocenters. The van der Waals surface area contributed by atoms with E-state index >= 15 is 0 Å². The molecule has 1 aliphatic carbocycles. The Bertz CT molecular complexity index is 1360. The molecule has 180 valence electrons. The fourth-order valence-corrected chi connectivity index (χ4v) is 5.78. The van der Waals surface area contributed by atoms with Crippen molar-refractivity contribution in [3.8, 4) is 0 Å². The third-order valence-electron chi connectivity index (χ3n) is 7.70. The number of fused-ring (bicyclic) bond motifs is 4. The number of rotatable bonds is 5. The summed E-state index contributed by atoms with van der Waals surface area (Å²) in [6.07, 6.45) is 8.63. The molecule has 1 aliphatic heterocycles. The zero-order valence-corrected chi connectivity index (χ0v) is 20.0. The first-order valence-electron chi connectivity index (χ1n) is 12.7. The number of pyridine rings is 2. The van der Waals surface area contributed by atoms with Crippen LogP contribution >= 0.6 is 0 Å². The molecule has 4 heterocycles. The Labute approximate surface area is 205 Å². The monoisotopic (exact) mass is 468 g/mol. The summed E-state index contributed by atoms with van der Waals surface area (Å²) in [7, 11) is 0. The van der Waals surface area contributed by atoms with Gasteiger partial charge >= 0.3 is 0 Å². The highest BCUT2D eigenvalue weighted by Gasteiger charge is 2.31. The van der Waals surface area contributed by atoms with E-state index < -0.39 is 0 Å². The number of hydrogen-bond donors (Lipinski definition) is 2. The predicted molar refractivity (Wildman–Crippen MR) is 138 cm³/mol. The molecule has 0 spiro atoms. The number of aromatic nitrogens is 3. The van der Waals surface area contributed by atoms with Gasteiger partial charge in [-0.1, -0.05) is 24.3 Å². The van der Waals surface area contributed by atoms with Gasteiger partial charge in [-0.05, 0) is 55.9 Å². The van der Waals surface area contributed by atoms with Crippen LogP contribution in [0.25, 0.3) is 21.8 Å². The maximum atomic E-state index is 13.5. The zero-order valence-electron chi connectivity index (χ0n) is 20.0. The van der Waals surface area contributed by atoms with Crippen molar-refractivity contribution in [1.29, 1.82) is 0 Å². The summed E-state index contributed by atoms with van der Waals surface area (Å²) in [5.74, 6) is 0.170. The maximum Gasteiger partial charge on any atom is 0.236 e. The third kappa shape index (κ3) is 4.30. The lowest BCUT2D eigenvalue weighted by atomic mass is 9.90. The molecule has 3 N–H and O–H groups in total. The van der Waals surface area contributed by atoms with Crippen LogP contribution in [0.15, 0.2) is 54.9 Å². The van der Waals surface area contributed by atoms with E-state index in [4.69, 9.17) is 15.7 Å². The van der Waals surface area contributed by atoms with Gasteiger partial charge in [0.15, 0.2) is 0 Å². The number of amides is 1. The van der Waals surface area contributed by atoms with Gasteiger partial charge in [-0.15, -0.1) is 0 Å². The molecule has 7 nitrogen and oxygen atoms in total. The number of aryl methyl sites for hydroxylation is 1. The minimum Gasteiger partial charge on any atom is -0.353 e. The van der Waals surface area contributed by atoms with Crippen LogP contribution in [-0.2, 0) is 17.8 Å². The van der Waals surface area contributed by atoms with Gasteiger partial charge in [-0.3, -0.25) is 19.7 Å². The lowest BCUT2D eigenvalue weighted by Gasteiger charge is -2.37. The van der Waals surface area contributed by atoms with Crippen molar-refractivity contribution in [2.24, 2.45) is 5.73 Å². The smallest absolute Gasteiger partial charge is 0.236 e. The standard InChI is InChI=1S/C28H32N6O/c29-20-11-15-33(16-12-20)26(35)18-34(25-9-3-5-19-6-4-13-31-27(19)25)17-24-28-22(10-14-30-24)21-7-1-2-8-23(21)32-28/h1-2,4,6-8,10,13-14,20,25,32H,3,5,9,11-12,15-18,29H2/t25-/m0/s1. The molecule has 35 heavy (non-hydrogen) atoms. The first-order valence-corrected chi connectivity index (χ1v) is 12.7. The van der Waals surface area contributed by atoms with Gasteiger partial charge in [0.2, 0.25) is 5.91 Å². The van der Waals surface area contributed by atoms with Crippen molar-refractivity contribution >= 4 is 27.7 Å². The number of para-hydroxylation sites is 1. The number of carbonyl (C=O) groups is 1. The zero-order chi connectivity index (χ0) is 23.8. The van der Waals surface area contributed by atoms with Gasteiger partial charge in [-0.25, -0.2) is 0 Å². The van der Waals surface area contributed by atoms with Crippen LogP contribution in [0.5, 0.6) is 0 Å². The number of H-pyrrole nitrogens is 1. The second kappa shape index (κ2) is 9.40. The highest BCUT2D eigenvalue weighted by molar-refractivity contribution is 6.07. The van der Waals surface area contributed by atoms with E-state index in [9.17, 15) is 4.79 Å². The van der Waals surface area contributed by atoms with Gasteiger partial charge in [0.05, 0.1) is 29.5 Å². The van der Waals surface area contributed by atoms with E-state index in [0.29, 0.717) is 13.1 Å². The van der Waals surface area contributed by atoms with Gasteiger partial charge in [-0.2, -0.15) is 0 Å². The average molecular weight is 469 g/mol. The number of nitrogens with two attached hydrogens (primary N) is 1. The molecular weight excluding hydrogens is 436 g/mol. The van der Waals surface area contributed by atoms with Crippen molar-refractivity contribution in [3.63, 3.8) is 0 Å². The molecule has 3 aromatic heterocycles. The van der Waals surface area contributed by atoms with Crippen molar-refractivity contribution < 1.29 is 4.79 Å². The second-order valence-corrected chi connectivity index (χ2v) is 9.93. The van der Waals surface area contributed by atoms with E-state index in [-0.39, 0.29) is 18.0 Å². The molecule has 1 aromatic carbocycles. The SMILES string of the molecule is NC1CCN(C(=O)CN(Cc2nccc3c2[nH]c2ccccc23)[C@H]2CCCc3cccnc32)CC1. The first-order chi connectivity index (χ1) is 17.2. The van der Waals surface area contributed by atoms with Crippen LogP contribution in [-0.4, -0.2) is 56.3 Å². The van der Waals surface area contributed by atoms with E-state index in [1.165, 1.54) is 16.3 Å². The number of nitrogens with one attached hydrogen (secondary N) is 1. The molecule has 4 aromatic rings. The largest absolute Gasteiger partial charge is 0.353 e. The highest BCUT2D eigenvalue weighted by atomic mass is 16.2. The number of piperidine rings is 1. The molecule has 1 fully saturated rings. The van der Waals surface area contributed by atoms with Crippen LogP contribution in [0.1, 0.15) is 48.7 Å². The van der Waals surface area contributed by atoms with Crippen LogP contribution in [0.2, 0.25) is 0 Å². The molecule has 0 bridgehead atoms. The maximum absolute atomic E-state index is 13.5. The van der Waals surface area contributed by atoms with Crippen molar-refractivity contribution in [1.82, 2.24) is 24.8 Å². The number of carbonyl (C=O) groups excluding carboxylic acids is 1. The number of aromatic amines is 1. The van der Waals surface area contributed by atoms with Gasteiger partial charge in [0.25, 0.3) is 0 Å². The lowest BCUT2D eigenvalue weighted by Crippen LogP contribution is -2.47. The Kier molecular flexibility index (Phi) is 5.96. The number of hydrogen-bond acceptors (Lipinski definition) is 5. The minimum absolute atomic E-state index is 0.0948. The molecule has 0 unspecified atom stereocenters. The molecule has 6 rings (SSSR count). The van der Waals surface area contributed by atoms with Crippen LogP contribution in [0.3, 0.4) is 0 Å². The van der Waals surface area contributed by atoms with E-state index in [0.717, 1.165) is 67.6 Å². The molecule has 1 amide bonds. The Hall–Kier alpha value is -3.29. The summed E-state index contributed by atoms with van der Waals surface area (Å²) < 4.78 is 0. The predicted octanol–water partition coefficient (Wildman–Crippen LogP) is 3.94. The summed E-state index contributed by atoms with van der Waals surface area (Å²) in [4.78, 5) is 30.9. The van der Waals surface area contributed by atoms with Crippen molar-refractivity contribution in [2.45, 2.75) is 50.7 Å². The van der Waals surface area contributed by atoms with Crippen LogP contribution in [0, 0.1) is 0 Å². The fraction of sp³-hybridized carbons (Fsp3) is 0.393. The molecule has 2 aliphatic rings. The van der Waals surface area contributed by atoms with Crippen molar-refractivity contribution in [2.75, 3.05) is 19.6 Å². The Morgan fingerprint density at radius 1 is 1.03 bits per heavy atom. The number of nitrogens with zero attached hydrogens (tertiary/aromatic N) is 4. The fourth-order valence-electron chi connectivity index (χ4n) is 5.78. The Morgan fingerprint density at radius 3 is 2.77 bits per heavy atom. The Morgan fingerprint density at radius 2 is 1.89 bits per heavy atom. The van der Waals surface area contributed by atoms with Crippen LogP contribution in [0.4, 0.5) is 0 Å². The summed E-state index contributed by atoms with van der Waals surface area (Å²) >= 11 is 0. The quantitative estimate of drug-likeness (QED) is 0.463. The molecule has 0 saturated carbocycles. The van der Waals surface area contributed by atoms with E-state index in [1.54, 1.807) is 0 Å². The van der Waals surface area contributed by atoms with Crippen molar-refractivity contribution in [3.05, 3.63) is 71.8 Å². The molecular formula is C28H32N6O. The van der Waals surface area contributed by atoms with E-state index in [2.05, 4.69) is 40.2 Å². The molecule has 0 radical (unpaired) electrons. The Balaban J connectivity index is 1.36. The summed E-state index contributed by atoms with van der Waals surface area (Å²) in [6.45, 7) is 2.42. The molecule has 1 saturated heterocycles. The first kappa shape index (κ1) is 22.2. The number of likely N-dealkylation sites (tertiary alicyclic amines) is 1. The van der Waals surface area contributed by atoms with Crippen LogP contribution < -0.4 is 5.73 Å². The van der Waals surface area contributed by atoms with Gasteiger partial charge in [0.1, 0.15) is 0 Å². The number of benzene rings is 1. The summed E-state index contributed by atoms with van der Waals surface area (Å²) in [5, 5.41) is 2.37. The summed E-state index contributed by atoms with van der Waals surface area (Å²) in [6, 6.07) is 14.9. The minimum atomic E-state index is 0.0948. The second-order valence-electron chi connectivity index (χ2n) is 9.93. The topological polar surface area (TPSA) is 91.1 Å². The third-order valence-corrected chi connectivity index (χ3v) is 7.70.